The summed E-state index contributed by atoms with van der Waals surface area (Å²) in [6.45, 7) is 3.75. The van der Waals surface area contributed by atoms with Crippen LogP contribution in [0.15, 0.2) is 35.0 Å². The number of hydrogen-bond donors (Lipinski definition) is 2. The van der Waals surface area contributed by atoms with E-state index >= 15 is 0 Å². The quantitative estimate of drug-likeness (QED) is 0.583. The average Bonchev–Trinajstić information content (AvgIpc) is 3.21. The Morgan fingerprint density at radius 1 is 1.22 bits per heavy atom. The third kappa shape index (κ3) is 5.88. The number of fused-ring (bicyclic) bond motifs is 1. The van der Waals surface area contributed by atoms with Gasteiger partial charge in [-0.25, -0.2) is 9.18 Å². The largest absolute Gasteiger partial charge is 0.490 e. The molecule has 32 heavy (non-hydrogen) atoms. The molecule has 0 atom stereocenters. The molecule has 3 heterocycles. The summed E-state index contributed by atoms with van der Waals surface area (Å²) in [6, 6.07) is 6.49. The summed E-state index contributed by atoms with van der Waals surface area (Å²) in [6.07, 6.45) is -0.860. The highest BCUT2D eigenvalue weighted by atomic mass is 19.4. The number of halogens is 4. The molecule has 0 saturated carbocycles. The molecular formula is C21H20F4N4O3. The van der Waals surface area contributed by atoms with E-state index in [0.717, 1.165) is 42.8 Å². The molecule has 1 aliphatic heterocycles. The van der Waals surface area contributed by atoms with Gasteiger partial charge in [-0.15, -0.1) is 0 Å². The summed E-state index contributed by atoms with van der Waals surface area (Å²) in [5, 5.41) is 14.7. The molecule has 0 aliphatic carbocycles. The topological polar surface area (TPSA) is 101 Å². The number of nitrogens with one attached hydrogen (secondary N) is 1. The van der Waals surface area contributed by atoms with Crippen LogP contribution in [-0.4, -0.2) is 38.9 Å². The number of rotatable bonds is 4. The smallest absolute Gasteiger partial charge is 0.475 e. The van der Waals surface area contributed by atoms with Gasteiger partial charge in [-0.2, -0.15) is 18.2 Å². The van der Waals surface area contributed by atoms with Crippen molar-refractivity contribution in [3.8, 4) is 11.4 Å². The minimum atomic E-state index is -5.08. The molecule has 2 aromatic heterocycles. The lowest BCUT2D eigenvalue weighted by Crippen LogP contribution is -2.24. The monoisotopic (exact) mass is 452 g/mol. The number of benzene rings is 1. The third-order valence-electron chi connectivity index (χ3n) is 4.81. The molecule has 2 N–H and O–H groups in total. The molecule has 1 aliphatic rings. The van der Waals surface area contributed by atoms with Crippen molar-refractivity contribution in [1.29, 1.82) is 0 Å². The lowest BCUT2D eigenvalue weighted by atomic mass is 9.95. The van der Waals surface area contributed by atoms with Gasteiger partial charge < -0.3 is 14.9 Å². The summed E-state index contributed by atoms with van der Waals surface area (Å²) < 4.78 is 50.1. The Hall–Kier alpha value is -3.34. The number of carboxylic acid groups (broad SMARTS) is 1. The van der Waals surface area contributed by atoms with Gasteiger partial charge in [-0.3, -0.25) is 4.98 Å². The SMILES string of the molecule is Cc1ncc2c(c1-c1noc(CCc3ccc(F)cc3)n1)CCNC2.O=C(O)C(F)(F)F. The van der Waals surface area contributed by atoms with Crippen molar-refractivity contribution in [2.45, 2.75) is 38.9 Å². The first-order valence-electron chi connectivity index (χ1n) is 9.70. The molecule has 0 saturated heterocycles. The van der Waals surface area contributed by atoms with Gasteiger partial charge in [0, 0.05) is 30.4 Å². The number of carboxylic acids is 1. The highest BCUT2D eigenvalue weighted by Crippen LogP contribution is 2.28. The zero-order valence-corrected chi connectivity index (χ0v) is 17.0. The van der Waals surface area contributed by atoms with Crippen LogP contribution in [0.1, 0.15) is 28.3 Å². The zero-order valence-electron chi connectivity index (χ0n) is 17.0. The maximum atomic E-state index is 13.0. The molecule has 4 rings (SSSR count). The van der Waals surface area contributed by atoms with Gasteiger partial charge in [0.1, 0.15) is 5.82 Å². The standard InChI is InChI=1S/C19H19FN4O.C2HF3O2/c1-12-18(16-8-9-21-10-14(16)11-22-12)19-23-17(25-24-19)7-4-13-2-5-15(20)6-3-13;3-2(4,5)1(6)7/h2-3,5-6,11,21H,4,7-10H2,1H3;(H,6,7). The van der Waals surface area contributed by atoms with Crippen molar-refractivity contribution < 1.29 is 32.0 Å². The van der Waals surface area contributed by atoms with Crippen LogP contribution in [0, 0.1) is 12.7 Å². The van der Waals surface area contributed by atoms with Crippen LogP contribution in [0.5, 0.6) is 0 Å². The molecule has 0 spiro atoms. The van der Waals surface area contributed by atoms with Gasteiger partial charge in [-0.05, 0) is 55.1 Å². The Labute approximate surface area is 180 Å². The van der Waals surface area contributed by atoms with Crippen LogP contribution >= 0.6 is 0 Å². The van der Waals surface area contributed by atoms with Crippen LogP contribution in [0.3, 0.4) is 0 Å². The van der Waals surface area contributed by atoms with E-state index in [0.29, 0.717) is 18.1 Å². The van der Waals surface area contributed by atoms with Crippen LogP contribution in [0.2, 0.25) is 0 Å². The first-order valence-corrected chi connectivity index (χ1v) is 9.70. The number of aryl methyl sites for hydroxylation is 3. The van der Waals surface area contributed by atoms with Crippen molar-refractivity contribution in [2.75, 3.05) is 6.54 Å². The van der Waals surface area contributed by atoms with E-state index in [4.69, 9.17) is 14.4 Å². The predicted octanol–water partition coefficient (Wildman–Crippen LogP) is 3.64. The third-order valence-corrected chi connectivity index (χ3v) is 4.81. The first-order chi connectivity index (χ1) is 15.1. The molecule has 3 aromatic rings. The van der Waals surface area contributed by atoms with E-state index in [2.05, 4.69) is 20.4 Å². The van der Waals surface area contributed by atoms with E-state index in [1.165, 1.54) is 23.3 Å². The molecule has 0 amide bonds. The number of carbonyl (C=O) groups is 1. The van der Waals surface area contributed by atoms with Crippen molar-refractivity contribution in [3.05, 3.63) is 64.6 Å². The molecule has 0 radical (unpaired) electrons. The van der Waals surface area contributed by atoms with Gasteiger partial charge >= 0.3 is 12.1 Å². The Balaban J connectivity index is 0.000000360. The number of pyridine rings is 1. The number of alkyl halides is 3. The molecule has 0 bridgehead atoms. The minimum absolute atomic E-state index is 0.227. The van der Waals surface area contributed by atoms with Crippen LogP contribution in [0.4, 0.5) is 17.6 Å². The van der Waals surface area contributed by atoms with Crippen molar-refractivity contribution in [2.24, 2.45) is 0 Å². The number of hydrogen-bond acceptors (Lipinski definition) is 6. The maximum absolute atomic E-state index is 13.0. The molecule has 0 unspecified atom stereocenters. The summed E-state index contributed by atoms with van der Waals surface area (Å²) >= 11 is 0. The molecule has 170 valence electrons. The number of nitrogens with zero attached hydrogens (tertiary/aromatic N) is 3. The average molecular weight is 452 g/mol. The minimum Gasteiger partial charge on any atom is -0.475 e. The van der Waals surface area contributed by atoms with Crippen LogP contribution in [-0.2, 0) is 30.6 Å². The fraction of sp³-hybridized carbons (Fsp3) is 0.333. The molecule has 11 heteroatoms. The Morgan fingerprint density at radius 3 is 2.56 bits per heavy atom. The fourth-order valence-corrected chi connectivity index (χ4v) is 3.23. The van der Waals surface area contributed by atoms with E-state index in [9.17, 15) is 17.6 Å². The van der Waals surface area contributed by atoms with Crippen LogP contribution < -0.4 is 5.32 Å². The van der Waals surface area contributed by atoms with Gasteiger partial charge in [0.05, 0.1) is 0 Å². The first kappa shape index (κ1) is 23.3. The normalized spacial score (nSPS) is 13.2. The fourth-order valence-electron chi connectivity index (χ4n) is 3.23. The van der Waals surface area contributed by atoms with Gasteiger partial charge in [-0.1, -0.05) is 17.3 Å². The van der Waals surface area contributed by atoms with E-state index in [-0.39, 0.29) is 5.82 Å². The van der Waals surface area contributed by atoms with Gasteiger partial charge in [0.15, 0.2) is 0 Å². The number of aromatic nitrogens is 3. The van der Waals surface area contributed by atoms with Crippen LogP contribution in [0.25, 0.3) is 11.4 Å². The molecule has 7 nitrogen and oxygen atoms in total. The summed E-state index contributed by atoms with van der Waals surface area (Å²) in [5.41, 5.74) is 5.42. The predicted molar refractivity (Wildman–Crippen MR) is 105 cm³/mol. The Bertz CT molecular complexity index is 1080. The second-order valence-corrected chi connectivity index (χ2v) is 7.09. The van der Waals surface area contributed by atoms with Crippen molar-refractivity contribution >= 4 is 5.97 Å². The lowest BCUT2D eigenvalue weighted by Gasteiger charge is -2.19. The van der Waals surface area contributed by atoms with E-state index < -0.39 is 12.1 Å². The van der Waals surface area contributed by atoms with Crippen molar-refractivity contribution in [3.63, 3.8) is 0 Å². The lowest BCUT2D eigenvalue weighted by molar-refractivity contribution is -0.192. The summed E-state index contributed by atoms with van der Waals surface area (Å²) in [7, 11) is 0. The highest BCUT2D eigenvalue weighted by Gasteiger charge is 2.38. The number of aliphatic carboxylic acids is 1. The second kappa shape index (κ2) is 9.86. The zero-order chi connectivity index (χ0) is 23.3. The second-order valence-electron chi connectivity index (χ2n) is 7.09. The van der Waals surface area contributed by atoms with Gasteiger partial charge in [0.25, 0.3) is 0 Å². The van der Waals surface area contributed by atoms with Crippen molar-refractivity contribution in [1.82, 2.24) is 20.4 Å². The Kier molecular flexibility index (Phi) is 7.18. The molecule has 1 aromatic carbocycles. The summed E-state index contributed by atoms with van der Waals surface area (Å²) in [5.74, 6) is -1.79. The molecule has 0 fully saturated rings. The van der Waals surface area contributed by atoms with E-state index in [1.54, 1.807) is 12.1 Å². The summed E-state index contributed by atoms with van der Waals surface area (Å²) in [4.78, 5) is 17.9. The Morgan fingerprint density at radius 2 is 1.91 bits per heavy atom. The maximum Gasteiger partial charge on any atom is 0.490 e. The van der Waals surface area contributed by atoms with Gasteiger partial charge in [0.2, 0.25) is 11.7 Å². The highest BCUT2D eigenvalue weighted by molar-refractivity contribution is 5.73. The molecular weight excluding hydrogens is 432 g/mol. The van der Waals surface area contributed by atoms with E-state index in [1.807, 2.05) is 13.1 Å².